The smallest absolute Gasteiger partial charge is 0.312 e. The minimum Gasteiger partial charge on any atom is -0.328 e. The SMILES string of the molecule is Cc1ccc(CN2CCN(CC(=O)Nc3cccnc3)C(=O)C2=O)cc1. The molecule has 1 aliphatic heterocycles. The molecular weight excluding hydrogens is 332 g/mol. The Kier molecular flexibility index (Phi) is 5.26. The van der Waals surface area contributed by atoms with Crippen LogP contribution in [0.5, 0.6) is 0 Å². The number of carbonyl (C=O) groups excluding carboxylic acids is 3. The number of hydrogen-bond donors (Lipinski definition) is 1. The fourth-order valence-corrected chi connectivity index (χ4v) is 2.74. The predicted octanol–water partition coefficient (Wildman–Crippen LogP) is 1.20. The normalized spacial score (nSPS) is 14.5. The summed E-state index contributed by atoms with van der Waals surface area (Å²) in [5.41, 5.74) is 2.66. The Bertz CT molecular complexity index is 805. The monoisotopic (exact) mass is 352 g/mol. The van der Waals surface area contributed by atoms with Gasteiger partial charge in [-0.1, -0.05) is 29.8 Å². The van der Waals surface area contributed by atoms with Gasteiger partial charge in [0.15, 0.2) is 0 Å². The number of anilines is 1. The van der Waals surface area contributed by atoms with Crippen LogP contribution >= 0.6 is 0 Å². The molecule has 0 radical (unpaired) electrons. The van der Waals surface area contributed by atoms with Gasteiger partial charge in [0, 0.05) is 25.8 Å². The first kappa shape index (κ1) is 17.6. The van der Waals surface area contributed by atoms with Gasteiger partial charge in [-0.2, -0.15) is 0 Å². The molecule has 7 nitrogen and oxygen atoms in total. The lowest BCUT2D eigenvalue weighted by molar-refractivity contribution is -0.157. The number of nitrogens with one attached hydrogen (secondary N) is 1. The molecule has 0 spiro atoms. The van der Waals surface area contributed by atoms with E-state index in [2.05, 4.69) is 10.3 Å². The highest BCUT2D eigenvalue weighted by Crippen LogP contribution is 2.12. The molecule has 0 atom stereocenters. The molecule has 3 amide bonds. The van der Waals surface area contributed by atoms with Gasteiger partial charge in [0.25, 0.3) is 0 Å². The van der Waals surface area contributed by atoms with E-state index in [1.54, 1.807) is 18.3 Å². The number of aromatic nitrogens is 1. The number of aryl methyl sites for hydroxylation is 1. The second kappa shape index (κ2) is 7.77. The number of benzene rings is 1. The van der Waals surface area contributed by atoms with Crippen molar-refractivity contribution in [2.24, 2.45) is 0 Å². The first-order valence-electron chi connectivity index (χ1n) is 8.36. The predicted molar refractivity (Wildman–Crippen MR) is 96.0 cm³/mol. The van der Waals surface area contributed by atoms with Crippen LogP contribution in [-0.4, -0.2) is 52.1 Å². The van der Waals surface area contributed by atoms with Gasteiger partial charge in [-0.3, -0.25) is 19.4 Å². The zero-order chi connectivity index (χ0) is 18.5. The summed E-state index contributed by atoms with van der Waals surface area (Å²) in [5, 5.41) is 2.66. The summed E-state index contributed by atoms with van der Waals surface area (Å²) in [6.45, 7) is 2.96. The maximum atomic E-state index is 12.3. The van der Waals surface area contributed by atoms with Gasteiger partial charge < -0.3 is 15.1 Å². The van der Waals surface area contributed by atoms with Gasteiger partial charge in [0.2, 0.25) is 5.91 Å². The van der Waals surface area contributed by atoms with E-state index in [-0.39, 0.29) is 12.5 Å². The Morgan fingerprint density at radius 1 is 1.08 bits per heavy atom. The van der Waals surface area contributed by atoms with Crippen molar-refractivity contribution in [1.82, 2.24) is 14.8 Å². The van der Waals surface area contributed by atoms with Crippen LogP contribution in [0.15, 0.2) is 48.8 Å². The van der Waals surface area contributed by atoms with E-state index in [0.29, 0.717) is 25.3 Å². The van der Waals surface area contributed by atoms with Gasteiger partial charge in [-0.05, 0) is 24.6 Å². The van der Waals surface area contributed by atoms with Crippen molar-refractivity contribution >= 4 is 23.4 Å². The largest absolute Gasteiger partial charge is 0.328 e. The molecule has 0 saturated carbocycles. The molecule has 1 aliphatic rings. The number of carbonyl (C=O) groups is 3. The van der Waals surface area contributed by atoms with Crippen LogP contribution in [-0.2, 0) is 20.9 Å². The summed E-state index contributed by atoms with van der Waals surface area (Å²) in [6.07, 6.45) is 3.12. The molecule has 1 N–H and O–H groups in total. The van der Waals surface area contributed by atoms with Crippen molar-refractivity contribution in [2.45, 2.75) is 13.5 Å². The Hall–Kier alpha value is -3.22. The molecule has 134 valence electrons. The van der Waals surface area contributed by atoms with E-state index in [9.17, 15) is 14.4 Å². The Balaban J connectivity index is 1.56. The van der Waals surface area contributed by atoms with Crippen LogP contribution in [0, 0.1) is 6.92 Å². The molecule has 0 unspecified atom stereocenters. The molecule has 2 aromatic rings. The van der Waals surface area contributed by atoms with E-state index >= 15 is 0 Å². The highest BCUT2D eigenvalue weighted by molar-refractivity contribution is 6.35. The maximum absolute atomic E-state index is 12.3. The zero-order valence-corrected chi connectivity index (χ0v) is 14.5. The van der Waals surface area contributed by atoms with Gasteiger partial charge in [-0.25, -0.2) is 0 Å². The minimum absolute atomic E-state index is 0.155. The minimum atomic E-state index is -0.648. The number of piperazine rings is 1. The highest BCUT2D eigenvalue weighted by atomic mass is 16.2. The number of rotatable bonds is 5. The van der Waals surface area contributed by atoms with Crippen LogP contribution < -0.4 is 5.32 Å². The number of amides is 3. The number of hydrogen-bond acceptors (Lipinski definition) is 4. The molecular formula is C19H20N4O3. The molecule has 26 heavy (non-hydrogen) atoms. The fraction of sp³-hybridized carbons (Fsp3) is 0.263. The van der Waals surface area contributed by atoms with Gasteiger partial charge in [-0.15, -0.1) is 0 Å². The van der Waals surface area contributed by atoms with Crippen molar-refractivity contribution in [3.8, 4) is 0 Å². The zero-order valence-electron chi connectivity index (χ0n) is 14.5. The molecule has 7 heteroatoms. The summed E-state index contributed by atoms with van der Waals surface area (Å²) in [7, 11) is 0. The first-order chi connectivity index (χ1) is 12.5. The number of pyridine rings is 1. The molecule has 1 aromatic heterocycles. The van der Waals surface area contributed by atoms with E-state index in [4.69, 9.17) is 0 Å². The molecule has 1 fully saturated rings. The summed E-state index contributed by atoms with van der Waals surface area (Å²) >= 11 is 0. The fourth-order valence-electron chi connectivity index (χ4n) is 2.74. The lowest BCUT2D eigenvalue weighted by atomic mass is 10.1. The second-order valence-electron chi connectivity index (χ2n) is 6.23. The summed E-state index contributed by atoms with van der Waals surface area (Å²) in [4.78, 5) is 43.4. The van der Waals surface area contributed by atoms with Crippen molar-refractivity contribution < 1.29 is 14.4 Å². The third-order valence-corrected chi connectivity index (χ3v) is 4.17. The van der Waals surface area contributed by atoms with Gasteiger partial charge in [0.1, 0.15) is 6.54 Å². The average molecular weight is 352 g/mol. The third kappa shape index (κ3) is 4.24. The van der Waals surface area contributed by atoms with E-state index in [0.717, 1.165) is 11.1 Å². The molecule has 2 heterocycles. The van der Waals surface area contributed by atoms with Gasteiger partial charge >= 0.3 is 11.8 Å². The van der Waals surface area contributed by atoms with Crippen molar-refractivity contribution in [3.05, 3.63) is 59.9 Å². The van der Waals surface area contributed by atoms with E-state index in [1.165, 1.54) is 16.0 Å². The number of nitrogens with zero attached hydrogens (tertiary/aromatic N) is 3. The van der Waals surface area contributed by atoms with E-state index in [1.807, 2.05) is 31.2 Å². The van der Waals surface area contributed by atoms with Crippen LogP contribution in [0.25, 0.3) is 0 Å². The molecule has 0 aliphatic carbocycles. The topological polar surface area (TPSA) is 82.6 Å². The lowest BCUT2D eigenvalue weighted by Gasteiger charge is -2.33. The third-order valence-electron chi connectivity index (χ3n) is 4.17. The van der Waals surface area contributed by atoms with Crippen molar-refractivity contribution in [2.75, 3.05) is 25.0 Å². The van der Waals surface area contributed by atoms with Crippen LogP contribution in [0.4, 0.5) is 5.69 Å². The van der Waals surface area contributed by atoms with Crippen LogP contribution in [0.1, 0.15) is 11.1 Å². The summed E-state index contributed by atoms with van der Waals surface area (Å²) < 4.78 is 0. The lowest BCUT2D eigenvalue weighted by Crippen LogP contribution is -2.55. The van der Waals surface area contributed by atoms with Gasteiger partial charge in [0.05, 0.1) is 11.9 Å². The summed E-state index contributed by atoms with van der Waals surface area (Å²) in [5.74, 6) is -1.58. The molecule has 0 bridgehead atoms. The Morgan fingerprint density at radius 3 is 2.46 bits per heavy atom. The Labute approximate surface area is 151 Å². The quantitative estimate of drug-likeness (QED) is 0.820. The molecule has 1 aromatic carbocycles. The Morgan fingerprint density at radius 2 is 1.77 bits per heavy atom. The van der Waals surface area contributed by atoms with Crippen LogP contribution in [0.3, 0.4) is 0 Å². The standard InChI is InChI=1S/C19H20N4O3/c1-14-4-6-15(7-5-14)12-22-9-10-23(19(26)18(22)25)13-17(24)21-16-3-2-8-20-11-16/h2-8,11H,9-10,12-13H2,1H3,(H,21,24). The average Bonchev–Trinajstić information content (AvgIpc) is 2.64. The van der Waals surface area contributed by atoms with Crippen LogP contribution in [0.2, 0.25) is 0 Å². The molecule has 1 saturated heterocycles. The second-order valence-corrected chi connectivity index (χ2v) is 6.23. The highest BCUT2D eigenvalue weighted by Gasteiger charge is 2.33. The van der Waals surface area contributed by atoms with E-state index < -0.39 is 11.8 Å². The van der Waals surface area contributed by atoms with Crippen molar-refractivity contribution in [3.63, 3.8) is 0 Å². The first-order valence-corrected chi connectivity index (χ1v) is 8.36. The molecule has 3 rings (SSSR count). The maximum Gasteiger partial charge on any atom is 0.312 e. The summed E-state index contributed by atoms with van der Waals surface area (Å²) in [6, 6.07) is 11.2. The van der Waals surface area contributed by atoms with Crippen molar-refractivity contribution in [1.29, 1.82) is 0 Å².